The molecule has 0 saturated carbocycles. The van der Waals surface area contributed by atoms with Gasteiger partial charge in [0, 0.05) is 6.04 Å². The molecule has 0 heterocycles. The number of benzene rings is 1. The van der Waals surface area contributed by atoms with Crippen LogP contribution in [0.5, 0.6) is 0 Å². The molecule has 7 heteroatoms. The van der Waals surface area contributed by atoms with E-state index >= 15 is 0 Å². The third-order valence-corrected chi connectivity index (χ3v) is 2.42. The van der Waals surface area contributed by atoms with Gasteiger partial charge in [-0.25, -0.2) is 4.39 Å². The van der Waals surface area contributed by atoms with E-state index in [1.54, 1.807) is 6.92 Å². The highest BCUT2D eigenvalue weighted by atomic mass is 19.4. The molecule has 0 aliphatic heterocycles. The van der Waals surface area contributed by atoms with Crippen LogP contribution in [0.4, 0.5) is 17.6 Å². The summed E-state index contributed by atoms with van der Waals surface area (Å²) in [6, 6.07) is 1.59. The second-order valence-corrected chi connectivity index (χ2v) is 3.82. The van der Waals surface area contributed by atoms with Crippen LogP contribution in [0.2, 0.25) is 0 Å². The normalized spacial score (nSPS) is 13.2. The summed E-state index contributed by atoms with van der Waals surface area (Å²) in [6.45, 7) is 1.66. The Morgan fingerprint density at radius 2 is 2.05 bits per heavy atom. The summed E-state index contributed by atoms with van der Waals surface area (Å²) in [7, 11) is 0. The molecule has 0 amide bonds. The van der Waals surface area contributed by atoms with Crippen LogP contribution in [-0.2, 0) is 15.7 Å². The average Bonchev–Trinajstić information content (AvgIpc) is 2.27. The van der Waals surface area contributed by atoms with E-state index in [0.29, 0.717) is 6.07 Å². The van der Waals surface area contributed by atoms with Gasteiger partial charge in [0.05, 0.1) is 18.6 Å². The van der Waals surface area contributed by atoms with E-state index in [1.807, 2.05) is 0 Å². The highest BCUT2D eigenvalue weighted by Crippen LogP contribution is 2.36. The lowest BCUT2D eigenvalue weighted by molar-refractivity contribution is -0.145. The Hall–Kier alpha value is -1.63. The molecule has 0 spiro atoms. The van der Waals surface area contributed by atoms with Crippen molar-refractivity contribution in [3.63, 3.8) is 0 Å². The van der Waals surface area contributed by atoms with Gasteiger partial charge in [-0.05, 0) is 18.6 Å². The number of halogens is 4. The van der Waals surface area contributed by atoms with E-state index in [2.05, 4.69) is 4.74 Å². The number of esters is 1. The predicted octanol–water partition coefficient (Wildman–Crippen LogP) is 2.80. The van der Waals surface area contributed by atoms with E-state index < -0.39 is 41.6 Å². The first-order valence-electron chi connectivity index (χ1n) is 5.54. The Balaban J connectivity index is 3.06. The van der Waals surface area contributed by atoms with Gasteiger partial charge in [-0.15, -0.1) is 0 Å². The highest BCUT2D eigenvalue weighted by molar-refractivity contribution is 5.70. The van der Waals surface area contributed by atoms with E-state index in [4.69, 9.17) is 5.73 Å². The first kappa shape index (κ1) is 15.4. The number of hydrogen-bond acceptors (Lipinski definition) is 3. The molecule has 0 fully saturated rings. The molecule has 1 rings (SSSR count). The minimum atomic E-state index is -4.87. The van der Waals surface area contributed by atoms with Gasteiger partial charge in [0.15, 0.2) is 0 Å². The first-order valence-corrected chi connectivity index (χ1v) is 5.54. The van der Waals surface area contributed by atoms with Crippen molar-refractivity contribution < 1.29 is 27.1 Å². The predicted molar refractivity (Wildman–Crippen MR) is 59.6 cm³/mol. The fraction of sp³-hybridized carbons (Fsp3) is 0.417. The van der Waals surface area contributed by atoms with Gasteiger partial charge >= 0.3 is 12.1 Å². The quantitative estimate of drug-likeness (QED) is 0.681. The molecule has 0 saturated heterocycles. The van der Waals surface area contributed by atoms with Crippen LogP contribution in [-0.4, -0.2) is 12.6 Å². The third kappa shape index (κ3) is 3.92. The van der Waals surface area contributed by atoms with Crippen LogP contribution in [0.3, 0.4) is 0 Å². The Bertz CT molecular complexity index is 460. The van der Waals surface area contributed by atoms with Gasteiger partial charge in [0.25, 0.3) is 0 Å². The smallest absolute Gasteiger partial charge is 0.419 e. The molecule has 1 atom stereocenters. The maximum atomic E-state index is 13.3. The summed E-state index contributed by atoms with van der Waals surface area (Å²) in [4.78, 5) is 11.2. The van der Waals surface area contributed by atoms with Crippen LogP contribution in [0.15, 0.2) is 18.2 Å². The lowest BCUT2D eigenvalue weighted by atomic mass is 9.98. The van der Waals surface area contributed by atoms with Crippen LogP contribution in [0, 0.1) is 5.82 Å². The second-order valence-electron chi connectivity index (χ2n) is 3.82. The molecule has 0 aromatic heterocycles. The molecule has 0 unspecified atom stereocenters. The SMILES string of the molecule is CCOC(=O)C[C@H](N)c1cccc(F)c1C(F)(F)F. The van der Waals surface area contributed by atoms with Crippen LogP contribution < -0.4 is 5.73 Å². The van der Waals surface area contributed by atoms with E-state index in [0.717, 1.165) is 12.1 Å². The number of hydrogen-bond donors (Lipinski definition) is 1. The summed E-state index contributed by atoms with van der Waals surface area (Å²) < 4.78 is 56.1. The Labute approximate surface area is 107 Å². The molecule has 19 heavy (non-hydrogen) atoms. The monoisotopic (exact) mass is 279 g/mol. The molecule has 2 N–H and O–H groups in total. The van der Waals surface area contributed by atoms with Crippen molar-refractivity contribution in [3.05, 3.63) is 35.1 Å². The molecular formula is C12H13F4NO2. The minimum Gasteiger partial charge on any atom is -0.466 e. The lowest BCUT2D eigenvalue weighted by Crippen LogP contribution is -2.22. The van der Waals surface area contributed by atoms with Crippen LogP contribution >= 0.6 is 0 Å². The van der Waals surface area contributed by atoms with E-state index in [9.17, 15) is 22.4 Å². The number of nitrogens with two attached hydrogens (primary N) is 1. The topological polar surface area (TPSA) is 52.3 Å². The molecule has 0 aliphatic carbocycles. The van der Waals surface area contributed by atoms with E-state index in [-0.39, 0.29) is 6.61 Å². The largest absolute Gasteiger partial charge is 0.466 e. The molecule has 0 aliphatic rings. The van der Waals surface area contributed by atoms with Crippen molar-refractivity contribution in [1.82, 2.24) is 0 Å². The van der Waals surface area contributed by atoms with E-state index in [1.165, 1.54) is 0 Å². The Morgan fingerprint density at radius 1 is 1.42 bits per heavy atom. The van der Waals surface area contributed by atoms with Crippen molar-refractivity contribution >= 4 is 5.97 Å². The zero-order valence-corrected chi connectivity index (χ0v) is 10.1. The number of alkyl halides is 3. The molecule has 106 valence electrons. The van der Waals surface area contributed by atoms with Gasteiger partial charge in [0.2, 0.25) is 0 Å². The number of ether oxygens (including phenoxy) is 1. The van der Waals surface area contributed by atoms with Crippen LogP contribution in [0.1, 0.15) is 30.5 Å². The van der Waals surface area contributed by atoms with Gasteiger partial charge in [-0.3, -0.25) is 4.79 Å². The summed E-state index contributed by atoms with van der Waals surface area (Å²) in [6.07, 6.45) is -5.31. The first-order chi connectivity index (χ1) is 8.77. The Kier molecular flexibility index (Phi) is 4.88. The average molecular weight is 279 g/mol. The van der Waals surface area contributed by atoms with Crippen LogP contribution in [0.25, 0.3) is 0 Å². The maximum absolute atomic E-state index is 13.3. The molecule has 0 radical (unpaired) electrons. The van der Waals surface area contributed by atoms with Crippen molar-refractivity contribution in [2.75, 3.05) is 6.61 Å². The van der Waals surface area contributed by atoms with Gasteiger partial charge in [0.1, 0.15) is 5.82 Å². The molecule has 1 aromatic carbocycles. The lowest BCUT2D eigenvalue weighted by Gasteiger charge is -2.18. The highest BCUT2D eigenvalue weighted by Gasteiger charge is 2.38. The number of rotatable bonds is 4. The fourth-order valence-electron chi connectivity index (χ4n) is 1.66. The zero-order chi connectivity index (χ0) is 14.6. The molecule has 0 bridgehead atoms. The zero-order valence-electron chi connectivity index (χ0n) is 10.1. The molecular weight excluding hydrogens is 266 g/mol. The van der Waals surface area contributed by atoms with Crippen molar-refractivity contribution in [3.8, 4) is 0 Å². The van der Waals surface area contributed by atoms with Crippen molar-refractivity contribution in [2.24, 2.45) is 5.73 Å². The molecule has 3 nitrogen and oxygen atoms in total. The van der Waals surface area contributed by atoms with Gasteiger partial charge in [-0.2, -0.15) is 13.2 Å². The summed E-state index contributed by atoms with van der Waals surface area (Å²) in [5.41, 5.74) is 3.63. The Morgan fingerprint density at radius 3 is 2.58 bits per heavy atom. The fourth-order valence-corrected chi connectivity index (χ4v) is 1.66. The summed E-state index contributed by atoms with van der Waals surface area (Å²) >= 11 is 0. The van der Waals surface area contributed by atoms with Gasteiger partial charge < -0.3 is 10.5 Å². The standard InChI is InChI=1S/C12H13F4NO2/c1-2-19-10(18)6-9(17)7-4-3-5-8(13)11(7)12(14,15)16/h3-5,9H,2,6,17H2,1H3/t9-/m0/s1. The minimum absolute atomic E-state index is 0.0980. The second kappa shape index (κ2) is 6.01. The van der Waals surface area contributed by atoms with Gasteiger partial charge in [-0.1, -0.05) is 12.1 Å². The van der Waals surface area contributed by atoms with Crippen molar-refractivity contribution in [2.45, 2.75) is 25.6 Å². The van der Waals surface area contributed by atoms with Crippen molar-refractivity contribution in [1.29, 1.82) is 0 Å². The molecule has 1 aromatic rings. The number of carbonyl (C=O) groups excluding carboxylic acids is 1. The maximum Gasteiger partial charge on any atom is 0.419 e. The summed E-state index contributed by atoms with van der Waals surface area (Å²) in [5.74, 6) is -2.14. The third-order valence-electron chi connectivity index (χ3n) is 2.42. The number of carbonyl (C=O) groups is 1. The summed E-state index contributed by atoms with van der Waals surface area (Å²) in [5, 5.41) is 0.